The maximum Gasteiger partial charge on any atom is 0.253 e. The number of carbonyl (C=O) groups is 1. The molecular weight excluding hydrogens is 268 g/mol. The minimum absolute atomic E-state index is 0. The largest absolute Gasteiger partial charge is 0.346 e. The lowest BCUT2D eigenvalue weighted by molar-refractivity contribution is 0.0915. The second kappa shape index (κ2) is 7.42. The van der Waals surface area contributed by atoms with Crippen LogP contribution in [0.15, 0.2) is 18.5 Å². The molecule has 1 rings (SSSR count). The lowest BCUT2D eigenvalue weighted by Crippen LogP contribution is -2.48. The summed E-state index contributed by atoms with van der Waals surface area (Å²) in [7, 11) is 0. The number of nitrogens with two attached hydrogens (primary N) is 1. The van der Waals surface area contributed by atoms with Crippen LogP contribution in [-0.2, 0) is 0 Å². The quantitative estimate of drug-likeness (QED) is 0.884. The van der Waals surface area contributed by atoms with Crippen LogP contribution in [0.5, 0.6) is 0 Å². The minimum atomic E-state index is -0.534. The molecule has 0 aliphatic rings. The number of nitrogens with one attached hydrogen (secondary N) is 1. The normalized spacial score (nSPS) is 9.88. The van der Waals surface area contributed by atoms with Crippen molar-refractivity contribution in [3.8, 4) is 0 Å². The van der Waals surface area contributed by atoms with Crippen molar-refractivity contribution in [2.24, 2.45) is 5.73 Å². The maximum absolute atomic E-state index is 12.8. The molecule has 0 unspecified atom stereocenters. The molecule has 1 heterocycles. The Morgan fingerprint density at radius 2 is 2.06 bits per heavy atom. The third-order valence-electron chi connectivity index (χ3n) is 1.93. The van der Waals surface area contributed by atoms with Crippen LogP contribution in [0.1, 0.15) is 24.2 Å². The highest BCUT2D eigenvalue weighted by molar-refractivity contribution is 5.94. The zero-order chi connectivity index (χ0) is 11.5. The number of halogens is 3. The number of hydrogen-bond donors (Lipinski definition) is 2. The number of aromatic nitrogens is 1. The van der Waals surface area contributed by atoms with Gasteiger partial charge >= 0.3 is 0 Å². The molecule has 1 amide bonds. The summed E-state index contributed by atoms with van der Waals surface area (Å²) >= 11 is 0. The second-order valence-electron chi connectivity index (χ2n) is 3.93. The number of nitrogens with zero attached hydrogens (tertiary/aromatic N) is 1. The highest BCUT2D eigenvalue weighted by atomic mass is 35.5. The fraction of sp³-hybridized carbons (Fsp3) is 0.400. The Bertz CT molecular complexity index is 374. The van der Waals surface area contributed by atoms with Crippen LogP contribution in [0.3, 0.4) is 0 Å². The predicted octanol–water partition coefficient (Wildman–Crippen LogP) is 1.53. The van der Waals surface area contributed by atoms with E-state index >= 15 is 0 Å². The lowest BCUT2D eigenvalue weighted by atomic mass is 10.1. The third-order valence-corrected chi connectivity index (χ3v) is 1.93. The Balaban J connectivity index is 0. The molecule has 7 heteroatoms. The van der Waals surface area contributed by atoms with Gasteiger partial charge in [-0.1, -0.05) is 0 Å². The highest BCUT2D eigenvalue weighted by Gasteiger charge is 2.19. The molecule has 17 heavy (non-hydrogen) atoms. The first-order chi connectivity index (χ1) is 6.94. The summed E-state index contributed by atoms with van der Waals surface area (Å²) in [5.41, 5.74) is 5.14. The summed E-state index contributed by atoms with van der Waals surface area (Å²) in [6.45, 7) is 3.89. The maximum atomic E-state index is 12.8. The van der Waals surface area contributed by atoms with Gasteiger partial charge in [-0.15, -0.1) is 24.8 Å². The Hall–Kier alpha value is -0.910. The monoisotopic (exact) mass is 283 g/mol. The molecule has 0 atom stereocenters. The van der Waals surface area contributed by atoms with Crippen LogP contribution in [0.2, 0.25) is 0 Å². The fourth-order valence-electron chi connectivity index (χ4n) is 0.967. The van der Waals surface area contributed by atoms with Crippen molar-refractivity contribution in [3.63, 3.8) is 0 Å². The van der Waals surface area contributed by atoms with Crippen LogP contribution in [0, 0.1) is 5.82 Å². The molecule has 3 N–H and O–H groups in total. The number of rotatable bonds is 3. The van der Waals surface area contributed by atoms with Crippen molar-refractivity contribution in [1.29, 1.82) is 0 Å². The molecule has 0 saturated heterocycles. The molecule has 1 aromatic heterocycles. The van der Waals surface area contributed by atoms with E-state index in [9.17, 15) is 9.18 Å². The molecule has 0 saturated carbocycles. The van der Waals surface area contributed by atoms with E-state index in [1.165, 1.54) is 6.20 Å². The van der Waals surface area contributed by atoms with E-state index in [0.29, 0.717) is 6.54 Å². The Labute approximate surface area is 112 Å². The van der Waals surface area contributed by atoms with Gasteiger partial charge in [0, 0.05) is 18.3 Å². The van der Waals surface area contributed by atoms with Gasteiger partial charge in [-0.2, -0.15) is 0 Å². The highest BCUT2D eigenvalue weighted by Crippen LogP contribution is 2.04. The molecule has 0 aromatic carbocycles. The van der Waals surface area contributed by atoms with Gasteiger partial charge < -0.3 is 11.1 Å². The van der Waals surface area contributed by atoms with Gasteiger partial charge in [-0.25, -0.2) is 4.39 Å². The van der Waals surface area contributed by atoms with Crippen LogP contribution in [0.25, 0.3) is 0 Å². The number of carbonyl (C=O) groups excluding carboxylic acids is 1. The van der Waals surface area contributed by atoms with E-state index in [4.69, 9.17) is 5.73 Å². The molecule has 1 aromatic rings. The lowest BCUT2D eigenvalue weighted by Gasteiger charge is -2.24. The first-order valence-electron chi connectivity index (χ1n) is 4.58. The Kier molecular flexibility index (Phi) is 8.06. The summed E-state index contributed by atoms with van der Waals surface area (Å²) in [5, 5.41) is 2.68. The van der Waals surface area contributed by atoms with Gasteiger partial charge in [0.2, 0.25) is 0 Å². The van der Waals surface area contributed by atoms with Crippen molar-refractivity contribution in [2.45, 2.75) is 19.4 Å². The summed E-state index contributed by atoms with van der Waals surface area (Å²) in [5.74, 6) is -0.911. The smallest absolute Gasteiger partial charge is 0.253 e. The molecule has 4 nitrogen and oxygen atoms in total. The van der Waals surface area contributed by atoms with Crippen molar-refractivity contribution in [3.05, 3.63) is 29.8 Å². The van der Waals surface area contributed by atoms with Crippen molar-refractivity contribution < 1.29 is 9.18 Å². The predicted molar refractivity (Wildman–Crippen MR) is 69.3 cm³/mol. The summed E-state index contributed by atoms with van der Waals surface area (Å²) in [4.78, 5) is 15.2. The van der Waals surface area contributed by atoms with E-state index in [1.807, 2.05) is 0 Å². The second-order valence-corrected chi connectivity index (χ2v) is 3.93. The van der Waals surface area contributed by atoms with Gasteiger partial charge in [-0.3, -0.25) is 9.78 Å². The van der Waals surface area contributed by atoms with Crippen LogP contribution in [-0.4, -0.2) is 23.0 Å². The molecule has 0 spiro atoms. The van der Waals surface area contributed by atoms with Gasteiger partial charge in [0.15, 0.2) is 0 Å². The Morgan fingerprint density at radius 1 is 1.47 bits per heavy atom. The zero-order valence-electron chi connectivity index (χ0n) is 9.57. The number of amides is 1. The zero-order valence-corrected chi connectivity index (χ0v) is 11.2. The van der Waals surface area contributed by atoms with E-state index in [-0.39, 0.29) is 36.3 Å². The first-order valence-corrected chi connectivity index (χ1v) is 4.58. The standard InChI is InChI=1S/C10H14FN3O.2ClH/c1-10(2,6-12)14-9(15)7-3-8(11)5-13-4-7;;/h3-5H,6,12H2,1-2H3,(H,14,15);2*1H. The van der Waals surface area contributed by atoms with E-state index < -0.39 is 11.4 Å². The summed E-state index contributed by atoms with van der Waals surface area (Å²) in [6.07, 6.45) is 2.36. The molecule has 98 valence electrons. The van der Waals surface area contributed by atoms with E-state index in [2.05, 4.69) is 10.3 Å². The SMILES string of the molecule is CC(C)(CN)NC(=O)c1cncc(F)c1.Cl.Cl. The topological polar surface area (TPSA) is 68.0 Å². The molecule has 0 radical (unpaired) electrons. The van der Waals surface area contributed by atoms with Gasteiger partial charge in [0.25, 0.3) is 5.91 Å². The average molecular weight is 284 g/mol. The summed E-state index contributed by atoms with van der Waals surface area (Å²) < 4.78 is 12.8. The van der Waals surface area contributed by atoms with Crippen LogP contribution < -0.4 is 11.1 Å². The minimum Gasteiger partial charge on any atom is -0.346 e. The molecular formula is C10H16Cl2FN3O. The number of pyridine rings is 1. The van der Waals surface area contributed by atoms with Crippen LogP contribution >= 0.6 is 24.8 Å². The number of hydrogen-bond acceptors (Lipinski definition) is 3. The molecule has 0 bridgehead atoms. The first kappa shape index (κ1) is 18.5. The average Bonchev–Trinajstić information content (AvgIpc) is 2.17. The van der Waals surface area contributed by atoms with Gasteiger partial charge in [-0.05, 0) is 19.9 Å². The Morgan fingerprint density at radius 3 is 2.53 bits per heavy atom. The van der Waals surface area contributed by atoms with Gasteiger partial charge in [0.05, 0.1) is 11.8 Å². The molecule has 0 aliphatic carbocycles. The molecule has 0 fully saturated rings. The van der Waals surface area contributed by atoms with Crippen molar-refractivity contribution >= 4 is 30.7 Å². The van der Waals surface area contributed by atoms with Gasteiger partial charge in [0.1, 0.15) is 5.82 Å². The van der Waals surface area contributed by atoms with Crippen LogP contribution in [0.4, 0.5) is 4.39 Å². The van der Waals surface area contributed by atoms with Crippen molar-refractivity contribution in [1.82, 2.24) is 10.3 Å². The fourth-order valence-corrected chi connectivity index (χ4v) is 0.967. The molecule has 0 aliphatic heterocycles. The van der Waals surface area contributed by atoms with E-state index in [1.54, 1.807) is 13.8 Å². The summed E-state index contributed by atoms with van der Waals surface area (Å²) in [6, 6.07) is 1.13. The van der Waals surface area contributed by atoms with E-state index in [0.717, 1.165) is 12.3 Å². The third kappa shape index (κ3) is 5.81. The van der Waals surface area contributed by atoms with Crippen molar-refractivity contribution in [2.75, 3.05) is 6.54 Å².